The number of amides is 1. The highest BCUT2D eigenvalue weighted by Gasteiger charge is 2.34. The summed E-state index contributed by atoms with van der Waals surface area (Å²) in [5, 5.41) is -0.393. The summed E-state index contributed by atoms with van der Waals surface area (Å²) in [6.07, 6.45) is -1.35. The van der Waals surface area contributed by atoms with Crippen LogP contribution in [0.3, 0.4) is 0 Å². The van der Waals surface area contributed by atoms with Gasteiger partial charge in [0, 0.05) is 25.8 Å². The number of carbonyl (C=O) groups is 1. The van der Waals surface area contributed by atoms with Crippen LogP contribution in [0.15, 0.2) is 47.7 Å². The topological polar surface area (TPSA) is 60.1 Å². The predicted octanol–water partition coefficient (Wildman–Crippen LogP) is 3.67. The van der Waals surface area contributed by atoms with Crippen molar-refractivity contribution in [2.45, 2.75) is 26.2 Å². The Morgan fingerprint density at radius 2 is 1.90 bits per heavy atom. The van der Waals surface area contributed by atoms with E-state index >= 15 is 0 Å². The van der Waals surface area contributed by atoms with Crippen molar-refractivity contribution in [2.75, 3.05) is 6.54 Å². The van der Waals surface area contributed by atoms with Gasteiger partial charge in [0.15, 0.2) is 0 Å². The second-order valence-corrected chi connectivity index (χ2v) is 7.43. The molecule has 0 radical (unpaired) electrons. The molecule has 3 aromatic rings. The van der Waals surface area contributed by atoms with Gasteiger partial charge in [-0.05, 0) is 36.8 Å². The molecule has 0 atom stereocenters. The van der Waals surface area contributed by atoms with Crippen LogP contribution in [0, 0.1) is 6.92 Å². The third-order valence-electron chi connectivity index (χ3n) is 4.95. The van der Waals surface area contributed by atoms with Gasteiger partial charge in [-0.25, -0.2) is 4.98 Å². The van der Waals surface area contributed by atoms with Gasteiger partial charge in [-0.2, -0.15) is 13.2 Å². The Balaban J connectivity index is 1.62. The number of hydrogen-bond acceptors (Lipinski definition) is 3. The summed E-state index contributed by atoms with van der Waals surface area (Å²) in [5.41, 5.74) is 0.346. The first-order valence-electron chi connectivity index (χ1n) is 9.05. The molecule has 0 bridgehead atoms. The van der Waals surface area contributed by atoms with Crippen molar-refractivity contribution in [3.63, 3.8) is 0 Å². The first-order chi connectivity index (χ1) is 14.1. The number of aryl methyl sites for hydroxylation is 1. The molecule has 0 N–H and O–H groups in total. The van der Waals surface area contributed by atoms with Crippen LogP contribution in [-0.4, -0.2) is 31.5 Å². The number of alkyl halides is 3. The molecule has 1 aliphatic heterocycles. The van der Waals surface area contributed by atoms with Crippen LogP contribution < -0.4 is 5.56 Å². The molecular weight excluding hydrogens is 421 g/mol. The van der Waals surface area contributed by atoms with E-state index in [0.717, 1.165) is 11.8 Å². The van der Waals surface area contributed by atoms with E-state index in [0.29, 0.717) is 11.3 Å². The molecule has 1 aliphatic rings. The summed E-state index contributed by atoms with van der Waals surface area (Å²) in [4.78, 5) is 31.2. The Labute approximate surface area is 174 Å². The third kappa shape index (κ3) is 3.60. The van der Waals surface area contributed by atoms with Crippen LogP contribution >= 0.6 is 11.6 Å². The first-order valence-corrected chi connectivity index (χ1v) is 9.42. The normalized spacial score (nSPS) is 14.2. The first kappa shape index (κ1) is 20.2. The van der Waals surface area contributed by atoms with Crippen LogP contribution in [0.2, 0.25) is 5.02 Å². The number of aromatic nitrogens is 3. The second kappa shape index (κ2) is 7.32. The zero-order valence-electron chi connectivity index (χ0n) is 15.8. The van der Waals surface area contributed by atoms with Crippen LogP contribution in [0.25, 0.3) is 5.69 Å². The number of fused-ring (bicyclic) bond motifs is 1. The molecule has 3 heterocycles. The smallest absolute Gasteiger partial charge is 0.331 e. The number of carbonyl (C=O) groups excluding carboxylic acids is 1. The number of imidazole rings is 1. The van der Waals surface area contributed by atoms with E-state index in [1.807, 2.05) is 0 Å². The lowest BCUT2D eigenvalue weighted by atomic mass is 10.1. The highest BCUT2D eigenvalue weighted by atomic mass is 35.5. The summed E-state index contributed by atoms with van der Waals surface area (Å²) in [5.74, 6) is -0.421. The fourth-order valence-electron chi connectivity index (χ4n) is 3.47. The van der Waals surface area contributed by atoms with Gasteiger partial charge < -0.3 is 14.0 Å². The Kier molecular flexibility index (Phi) is 4.93. The maximum atomic E-state index is 13.1. The molecule has 2 aromatic heterocycles. The van der Waals surface area contributed by atoms with Gasteiger partial charge >= 0.3 is 6.18 Å². The summed E-state index contributed by atoms with van der Waals surface area (Å²) in [7, 11) is 0. The van der Waals surface area contributed by atoms with Gasteiger partial charge in [0.25, 0.3) is 11.5 Å². The van der Waals surface area contributed by atoms with Crippen molar-refractivity contribution >= 4 is 17.5 Å². The molecular formula is C20H16ClF3N4O2. The minimum atomic E-state index is -4.58. The molecule has 0 saturated heterocycles. The lowest BCUT2D eigenvalue weighted by Crippen LogP contribution is -2.44. The zero-order valence-corrected chi connectivity index (χ0v) is 16.5. The van der Waals surface area contributed by atoms with E-state index in [1.54, 1.807) is 29.8 Å². The molecule has 156 valence electrons. The monoisotopic (exact) mass is 436 g/mol. The molecule has 10 heteroatoms. The fraction of sp³-hybridized carbons (Fsp3) is 0.250. The third-order valence-corrected chi connectivity index (χ3v) is 5.28. The maximum Gasteiger partial charge on any atom is 0.417 e. The Hall–Kier alpha value is -3.07. The average Bonchev–Trinajstić information content (AvgIpc) is 3.11. The summed E-state index contributed by atoms with van der Waals surface area (Å²) < 4.78 is 42.3. The largest absolute Gasteiger partial charge is 0.417 e. The van der Waals surface area contributed by atoms with Crippen molar-refractivity contribution in [3.05, 3.63) is 80.7 Å². The second-order valence-electron chi connectivity index (χ2n) is 7.02. The zero-order chi connectivity index (χ0) is 21.6. The lowest BCUT2D eigenvalue weighted by molar-refractivity contribution is -0.137. The number of benzene rings is 1. The molecule has 0 spiro atoms. The van der Waals surface area contributed by atoms with E-state index in [4.69, 9.17) is 11.6 Å². The van der Waals surface area contributed by atoms with E-state index in [-0.39, 0.29) is 30.9 Å². The average molecular weight is 437 g/mol. The maximum absolute atomic E-state index is 13.1. The molecule has 0 aliphatic carbocycles. The van der Waals surface area contributed by atoms with Crippen LogP contribution in [0.4, 0.5) is 13.2 Å². The van der Waals surface area contributed by atoms with E-state index < -0.39 is 22.7 Å². The van der Waals surface area contributed by atoms with Gasteiger partial charge in [-0.3, -0.25) is 9.59 Å². The summed E-state index contributed by atoms with van der Waals surface area (Å²) in [6.45, 7) is 2.22. The van der Waals surface area contributed by atoms with Crippen molar-refractivity contribution in [1.29, 1.82) is 0 Å². The minimum absolute atomic E-state index is 0.0181. The van der Waals surface area contributed by atoms with Crippen molar-refractivity contribution in [1.82, 2.24) is 19.0 Å². The number of halogens is 4. The number of hydrogen-bond donors (Lipinski definition) is 0. The Morgan fingerprint density at radius 3 is 2.57 bits per heavy atom. The van der Waals surface area contributed by atoms with Gasteiger partial charge in [-0.15, -0.1) is 0 Å². The summed E-state index contributed by atoms with van der Waals surface area (Å²) >= 11 is 5.66. The fourth-order valence-corrected chi connectivity index (χ4v) is 3.69. The molecule has 1 amide bonds. The lowest BCUT2D eigenvalue weighted by Gasteiger charge is -2.30. The molecule has 1 aromatic carbocycles. The van der Waals surface area contributed by atoms with Crippen molar-refractivity contribution in [2.24, 2.45) is 0 Å². The van der Waals surface area contributed by atoms with Crippen LogP contribution in [0.5, 0.6) is 0 Å². The molecule has 30 heavy (non-hydrogen) atoms. The molecule has 6 nitrogen and oxygen atoms in total. The van der Waals surface area contributed by atoms with Gasteiger partial charge in [0.2, 0.25) is 0 Å². The van der Waals surface area contributed by atoms with E-state index in [1.165, 1.54) is 27.9 Å². The van der Waals surface area contributed by atoms with Crippen molar-refractivity contribution < 1.29 is 18.0 Å². The Bertz CT molecular complexity index is 1200. The van der Waals surface area contributed by atoms with Gasteiger partial charge in [0.1, 0.15) is 11.4 Å². The molecule has 0 unspecified atom stereocenters. The number of nitrogens with zero attached hydrogens (tertiary/aromatic N) is 4. The summed E-state index contributed by atoms with van der Waals surface area (Å²) in [6, 6.07) is 6.66. The quantitative estimate of drug-likeness (QED) is 0.629. The number of pyridine rings is 1. The Morgan fingerprint density at radius 1 is 1.13 bits per heavy atom. The highest BCUT2D eigenvalue weighted by Crippen LogP contribution is 2.35. The van der Waals surface area contributed by atoms with E-state index in [2.05, 4.69) is 4.98 Å². The van der Waals surface area contributed by atoms with Gasteiger partial charge in [-0.1, -0.05) is 17.7 Å². The van der Waals surface area contributed by atoms with Crippen molar-refractivity contribution in [3.8, 4) is 5.69 Å². The van der Waals surface area contributed by atoms with Gasteiger partial charge in [0.05, 0.1) is 22.6 Å². The molecule has 4 rings (SSSR count). The SMILES string of the molecule is Cc1cn(-c2ccc3n(c2=O)CCN(Cc2ccc(Cl)c(C(F)(F)F)c2)C3=O)cn1. The minimum Gasteiger partial charge on any atom is -0.331 e. The molecule has 0 saturated carbocycles. The molecule has 0 fully saturated rings. The highest BCUT2D eigenvalue weighted by molar-refractivity contribution is 6.31. The van der Waals surface area contributed by atoms with Crippen LogP contribution in [-0.2, 0) is 19.3 Å². The van der Waals surface area contributed by atoms with E-state index in [9.17, 15) is 22.8 Å². The van der Waals surface area contributed by atoms with Crippen LogP contribution in [0.1, 0.15) is 27.3 Å². The predicted molar refractivity (Wildman–Crippen MR) is 104 cm³/mol. The number of rotatable bonds is 3. The standard InChI is InChI=1S/C20H16ClF3N4O2/c1-12-9-27(11-25-12)16-4-5-17-18(29)26(6-7-28(17)19(16)30)10-13-2-3-15(21)14(8-13)20(22,23)24/h2-5,8-9,11H,6-7,10H2,1H3.